The summed E-state index contributed by atoms with van der Waals surface area (Å²) in [6.45, 7) is 1.75. The summed E-state index contributed by atoms with van der Waals surface area (Å²) in [6.07, 6.45) is 5.10. The summed E-state index contributed by atoms with van der Waals surface area (Å²) in [6, 6.07) is 9.84. The summed E-state index contributed by atoms with van der Waals surface area (Å²) < 4.78 is 2.57. The van der Waals surface area contributed by atoms with Crippen LogP contribution in [0.4, 0.5) is 0 Å². The number of rotatable bonds is 3. The van der Waals surface area contributed by atoms with Gasteiger partial charge in [-0.1, -0.05) is 12.5 Å². The molecule has 0 unspecified atom stereocenters. The van der Waals surface area contributed by atoms with Crippen LogP contribution in [0, 0.1) is 0 Å². The third-order valence-corrected chi connectivity index (χ3v) is 5.37. The van der Waals surface area contributed by atoms with E-state index in [4.69, 9.17) is 4.98 Å². The highest BCUT2D eigenvalue weighted by molar-refractivity contribution is 5.74. The first-order valence-electron chi connectivity index (χ1n) is 9.27. The highest BCUT2D eigenvalue weighted by atomic mass is 16.2. The van der Waals surface area contributed by atoms with Gasteiger partial charge in [0.2, 0.25) is 0 Å². The number of piperidine rings is 1. The van der Waals surface area contributed by atoms with Gasteiger partial charge in [-0.25, -0.2) is 9.78 Å². The smallest absolute Gasteiger partial charge is 0.289 e. The molecule has 27 heavy (non-hydrogen) atoms. The fourth-order valence-corrected chi connectivity index (χ4v) is 3.87. The molecule has 140 valence electrons. The van der Waals surface area contributed by atoms with E-state index in [0.717, 1.165) is 48.3 Å². The van der Waals surface area contributed by atoms with Crippen molar-refractivity contribution in [1.29, 1.82) is 0 Å². The van der Waals surface area contributed by atoms with Crippen molar-refractivity contribution in [2.24, 2.45) is 14.1 Å². The van der Waals surface area contributed by atoms with E-state index in [1.54, 1.807) is 13.1 Å². The number of hydrogen-bond acceptors (Lipinski definition) is 5. The Bertz CT molecular complexity index is 1090. The summed E-state index contributed by atoms with van der Waals surface area (Å²) in [5, 5.41) is 0.468. The molecule has 0 spiro atoms. The molecule has 0 aromatic carbocycles. The maximum atomic E-state index is 12.4. The molecule has 7 heteroatoms. The second-order valence-electron chi connectivity index (χ2n) is 7.12. The third kappa shape index (κ3) is 3.19. The van der Waals surface area contributed by atoms with Gasteiger partial charge in [0, 0.05) is 26.8 Å². The van der Waals surface area contributed by atoms with E-state index in [1.807, 2.05) is 30.5 Å². The number of aromatic nitrogens is 4. The first-order valence-corrected chi connectivity index (χ1v) is 9.27. The van der Waals surface area contributed by atoms with Crippen molar-refractivity contribution in [3.63, 3.8) is 0 Å². The van der Waals surface area contributed by atoms with Gasteiger partial charge in [0.25, 0.3) is 5.56 Å². The molecule has 0 saturated carbocycles. The van der Waals surface area contributed by atoms with Crippen LogP contribution in [-0.2, 0) is 20.6 Å². The van der Waals surface area contributed by atoms with Crippen LogP contribution in [-0.4, -0.2) is 30.5 Å². The lowest BCUT2D eigenvalue weighted by Crippen LogP contribution is -2.38. The van der Waals surface area contributed by atoms with Gasteiger partial charge in [0.05, 0.1) is 22.8 Å². The number of nitrogens with zero attached hydrogens (tertiary/aromatic N) is 5. The Morgan fingerprint density at radius 1 is 1.07 bits per heavy atom. The minimum Gasteiger partial charge on any atom is -0.289 e. The van der Waals surface area contributed by atoms with Gasteiger partial charge in [-0.05, 0) is 43.7 Å². The van der Waals surface area contributed by atoms with Crippen molar-refractivity contribution in [2.75, 3.05) is 6.54 Å². The van der Waals surface area contributed by atoms with E-state index in [-0.39, 0.29) is 17.3 Å². The number of hydrogen-bond donors (Lipinski definition) is 0. The molecule has 7 nitrogen and oxygen atoms in total. The highest BCUT2D eigenvalue weighted by Crippen LogP contribution is 2.31. The van der Waals surface area contributed by atoms with Gasteiger partial charge in [0.15, 0.2) is 0 Å². The Balaban J connectivity index is 1.75. The van der Waals surface area contributed by atoms with Crippen molar-refractivity contribution < 1.29 is 0 Å². The summed E-state index contributed by atoms with van der Waals surface area (Å²) in [7, 11) is 3.15. The van der Waals surface area contributed by atoms with Crippen molar-refractivity contribution in [2.45, 2.75) is 31.8 Å². The fourth-order valence-electron chi connectivity index (χ4n) is 3.87. The van der Waals surface area contributed by atoms with Crippen LogP contribution in [0.15, 0.2) is 46.1 Å². The van der Waals surface area contributed by atoms with Crippen LogP contribution in [0.3, 0.4) is 0 Å². The quantitative estimate of drug-likeness (QED) is 0.707. The molecule has 3 aromatic heterocycles. The number of pyridine rings is 2. The molecule has 0 radical (unpaired) electrons. The normalized spacial score (nSPS) is 18.1. The van der Waals surface area contributed by atoms with Crippen molar-refractivity contribution in [3.8, 4) is 0 Å². The van der Waals surface area contributed by atoms with Gasteiger partial charge < -0.3 is 0 Å². The average Bonchev–Trinajstić information content (AvgIpc) is 2.71. The minimum atomic E-state index is -0.355. The van der Waals surface area contributed by atoms with Gasteiger partial charge in [0.1, 0.15) is 5.65 Å². The van der Waals surface area contributed by atoms with E-state index < -0.39 is 0 Å². The van der Waals surface area contributed by atoms with Crippen LogP contribution in [0.25, 0.3) is 11.0 Å². The summed E-state index contributed by atoms with van der Waals surface area (Å²) in [5.74, 6) is 0. The molecule has 0 bridgehead atoms. The molecule has 4 heterocycles. The summed E-state index contributed by atoms with van der Waals surface area (Å²) in [5.41, 5.74) is 1.73. The lowest BCUT2D eigenvalue weighted by molar-refractivity contribution is 0.136. The van der Waals surface area contributed by atoms with Crippen molar-refractivity contribution >= 4 is 11.0 Å². The summed E-state index contributed by atoms with van der Waals surface area (Å²) >= 11 is 0. The lowest BCUT2D eigenvalue weighted by Gasteiger charge is -2.35. The molecule has 0 aliphatic carbocycles. The van der Waals surface area contributed by atoms with Gasteiger partial charge in [-0.2, -0.15) is 0 Å². The average molecular weight is 365 g/mol. The van der Waals surface area contributed by atoms with Crippen LogP contribution in [0.2, 0.25) is 0 Å². The first kappa shape index (κ1) is 17.6. The predicted octanol–water partition coefficient (Wildman–Crippen LogP) is 1.75. The van der Waals surface area contributed by atoms with Crippen molar-refractivity contribution in [1.82, 2.24) is 24.0 Å². The Kier molecular flexibility index (Phi) is 4.61. The Hall–Kier alpha value is -2.80. The monoisotopic (exact) mass is 365 g/mol. The Morgan fingerprint density at radius 3 is 2.70 bits per heavy atom. The molecule has 1 atom stereocenters. The SMILES string of the molecule is Cn1c(=O)c2ccc([C@H]3CCCCN3Cc3ccccn3)nc2n(C)c1=O. The molecule has 1 fully saturated rings. The molecule has 1 aliphatic heterocycles. The zero-order chi connectivity index (χ0) is 19.0. The molecule has 1 saturated heterocycles. The number of fused-ring (bicyclic) bond motifs is 1. The van der Waals surface area contributed by atoms with Gasteiger partial charge in [-0.3, -0.25) is 23.8 Å². The third-order valence-electron chi connectivity index (χ3n) is 5.37. The van der Waals surface area contributed by atoms with Crippen LogP contribution >= 0.6 is 0 Å². The molecule has 4 rings (SSSR count). The minimum absolute atomic E-state index is 0.157. The van der Waals surface area contributed by atoms with E-state index >= 15 is 0 Å². The molecule has 0 amide bonds. The maximum Gasteiger partial charge on any atom is 0.332 e. The van der Waals surface area contributed by atoms with Crippen LogP contribution in [0.1, 0.15) is 36.7 Å². The number of aryl methyl sites for hydroxylation is 1. The van der Waals surface area contributed by atoms with Crippen LogP contribution in [0.5, 0.6) is 0 Å². The topological polar surface area (TPSA) is 73.0 Å². The van der Waals surface area contributed by atoms with E-state index in [9.17, 15) is 9.59 Å². The van der Waals surface area contributed by atoms with Crippen LogP contribution < -0.4 is 11.2 Å². The Morgan fingerprint density at radius 2 is 1.93 bits per heavy atom. The predicted molar refractivity (Wildman–Crippen MR) is 103 cm³/mol. The standard InChI is InChI=1S/C20H23N5O2/c1-23-18-15(19(26)24(2)20(23)27)9-10-16(22-18)17-8-4-6-12-25(17)13-14-7-3-5-11-21-14/h3,5,7,9-11,17H,4,6,8,12-13H2,1-2H3/t17-/m1/s1. The summed E-state index contributed by atoms with van der Waals surface area (Å²) in [4.78, 5) is 36.2. The van der Waals surface area contributed by atoms with E-state index in [2.05, 4.69) is 9.88 Å². The largest absolute Gasteiger partial charge is 0.332 e. The van der Waals surface area contributed by atoms with E-state index in [1.165, 1.54) is 11.6 Å². The van der Waals surface area contributed by atoms with Gasteiger partial charge in [-0.15, -0.1) is 0 Å². The molecule has 1 aliphatic rings. The lowest BCUT2D eigenvalue weighted by atomic mass is 9.98. The zero-order valence-electron chi connectivity index (χ0n) is 15.6. The molecular weight excluding hydrogens is 342 g/mol. The second kappa shape index (κ2) is 7.08. The fraction of sp³-hybridized carbons (Fsp3) is 0.400. The maximum absolute atomic E-state index is 12.4. The Labute approximate surface area is 156 Å². The number of likely N-dealkylation sites (tertiary alicyclic amines) is 1. The van der Waals surface area contributed by atoms with E-state index in [0.29, 0.717) is 11.0 Å². The second-order valence-corrected chi connectivity index (χ2v) is 7.12. The molecule has 3 aromatic rings. The van der Waals surface area contributed by atoms with Gasteiger partial charge >= 0.3 is 5.69 Å². The van der Waals surface area contributed by atoms with Crippen molar-refractivity contribution in [3.05, 3.63) is 68.8 Å². The first-order chi connectivity index (χ1) is 13.1. The zero-order valence-corrected chi connectivity index (χ0v) is 15.6. The highest BCUT2D eigenvalue weighted by Gasteiger charge is 2.26. The molecule has 0 N–H and O–H groups in total. The molecular formula is C20H23N5O2.